The fraction of sp³-hybridized carbons (Fsp3) is 0.280. The van der Waals surface area contributed by atoms with Crippen LogP contribution >= 0.6 is 0 Å². The molecule has 3 aromatic carbocycles. The highest BCUT2D eigenvalue weighted by molar-refractivity contribution is 5.58. The largest absolute Gasteiger partial charge is 0.508 e. The molecule has 3 rings (SSSR count). The maximum absolute atomic E-state index is 10.7. The number of hydrogen-bond acceptors (Lipinski definition) is 1. The van der Waals surface area contributed by atoms with E-state index in [1.165, 1.54) is 44.5 Å². The zero-order chi connectivity index (χ0) is 19.0. The highest BCUT2D eigenvalue weighted by Crippen LogP contribution is 2.43. The average Bonchev–Trinajstić information content (AvgIpc) is 2.61. The van der Waals surface area contributed by atoms with Gasteiger partial charge in [0.15, 0.2) is 0 Å². The summed E-state index contributed by atoms with van der Waals surface area (Å²) in [5.41, 5.74) is 11.3. The van der Waals surface area contributed by atoms with Crippen LogP contribution in [-0.4, -0.2) is 5.11 Å². The molecule has 0 atom stereocenters. The second-order valence-corrected chi connectivity index (χ2v) is 7.47. The van der Waals surface area contributed by atoms with Gasteiger partial charge in [0.2, 0.25) is 0 Å². The van der Waals surface area contributed by atoms with Gasteiger partial charge in [-0.2, -0.15) is 0 Å². The third kappa shape index (κ3) is 3.03. The Morgan fingerprint density at radius 2 is 1.00 bits per heavy atom. The minimum atomic E-state index is 0.0241. The van der Waals surface area contributed by atoms with Crippen molar-refractivity contribution >= 4 is 0 Å². The van der Waals surface area contributed by atoms with Crippen LogP contribution in [-0.2, 0) is 0 Å². The van der Waals surface area contributed by atoms with Gasteiger partial charge in [0.25, 0.3) is 0 Å². The number of benzene rings is 3. The van der Waals surface area contributed by atoms with E-state index in [0.717, 1.165) is 5.56 Å². The first-order chi connectivity index (χ1) is 12.3. The molecule has 134 valence electrons. The van der Waals surface area contributed by atoms with Gasteiger partial charge in [-0.15, -0.1) is 0 Å². The Morgan fingerprint density at radius 3 is 1.46 bits per heavy atom. The van der Waals surface area contributed by atoms with Crippen molar-refractivity contribution < 1.29 is 5.11 Å². The Kier molecular flexibility index (Phi) is 4.91. The molecule has 0 fully saturated rings. The van der Waals surface area contributed by atoms with Gasteiger partial charge < -0.3 is 5.11 Å². The molecule has 1 heteroatoms. The SMILES string of the molecule is Cc1ccc(C)c(C(c2ccccc2O)c2c(C)ccc(C)c2C)c1C. The second-order valence-electron chi connectivity index (χ2n) is 7.47. The van der Waals surface area contributed by atoms with Gasteiger partial charge in [0.05, 0.1) is 0 Å². The van der Waals surface area contributed by atoms with Crippen LogP contribution in [0.15, 0.2) is 48.5 Å². The van der Waals surface area contributed by atoms with Crippen molar-refractivity contribution in [3.05, 3.63) is 98.6 Å². The van der Waals surface area contributed by atoms with E-state index >= 15 is 0 Å². The summed E-state index contributed by atoms with van der Waals surface area (Å²) in [5.74, 6) is 0.383. The number of aromatic hydroxyl groups is 1. The van der Waals surface area contributed by atoms with E-state index in [-0.39, 0.29) is 5.92 Å². The zero-order valence-corrected chi connectivity index (χ0v) is 16.6. The Balaban J connectivity index is 2.43. The molecule has 0 unspecified atom stereocenters. The molecule has 0 spiro atoms. The Bertz CT molecular complexity index is 909. The summed E-state index contributed by atoms with van der Waals surface area (Å²) < 4.78 is 0. The highest BCUT2D eigenvalue weighted by Gasteiger charge is 2.26. The highest BCUT2D eigenvalue weighted by atomic mass is 16.3. The molecule has 0 aliphatic heterocycles. The van der Waals surface area contributed by atoms with Gasteiger partial charge in [-0.25, -0.2) is 0 Å². The third-order valence-electron chi connectivity index (χ3n) is 5.83. The minimum absolute atomic E-state index is 0.0241. The predicted octanol–water partition coefficient (Wildman–Crippen LogP) is 6.42. The second kappa shape index (κ2) is 6.99. The van der Waals surface area contributed by atoms with Gasteiger partial charge in [-0.05, 0) is 92.1 Å². The quantitative estimate of drug-likeness (QED) is 0.543. The van der Waals surface area contributed by atoms with Crippen molar-refractivity contribution in [3.8, 4) is 5.75 Å². The summed E-state index contributed by atoms with van der Waals surface area (Å²) in [5, 5.41) is 10.7. The summed E-state index contributed by atoms with van der Waals surface area (Å²) in [6, 6.07) is 16.5. The van der Waals surface area contributed by atoms with Crippen molar-refractivity contribution in [3.63, 3.8) is 0 Å². The van der Waals surface area contributed by atoms with Crippen LogP contribution in [0.5, 0.6) is 5.75 Å². The number of phenolic OH excluding ortho intramolecular Hbond substituents is 1. The molecule has 0 saturated carbocycles. The molecule has 1 nitrogen and oxygen atoms in total. The van der Waals surface area contributed by atoms with E-state index in [1.807, 2.05) is 12.1 Å². The van der Waals surface area contributed by atoms with Crippen molar-refractivity contribution in [1.82, 2.24) is 0 Å². The lowest BCUT2D eigenvalue weighted by molar-refractivity contribution is 0.467. The van der Waals surface area contributed by atoms with Crippen LogP contribution in [0.2, 0.25) is 0 Å². The normalized spacial score (nSPS) is 11.2. The number of para-hydroxylation sites is 1. The molecular formula is C25H28O. The van der Waals surface area contributed by atoms with E-state index in [0.29, 0.717) is 5.75 Å². The molecule has 26 heavy (non-hydrogen) atoms. The average molecular weight is 344 g/mol. The van der Waals surface area contributed by atoms with Crippen molar-refractivity contribution in [2.75, 3.05) is 0 Å². The zero-order valence-electron chi connectivity index (χ0n) is 16.6. The molecule has 0 heterocycles. The van der Waals surface area contributed by atoms with Crippen LogP contribution in [0.25, 0.3) is 0 Å². The molecule has 0 aliphatic rings. The van der Waals surface area contributed by atoms with Gasteiger partial charge in [-0.3, -0.25) is 0 Å². The van der Waals surface area contributed by atoms with Gasteiger partial charge in [-0.1, -0.05) is 42.5 Å². The number of hydrogen-bond donors (Lipinski definition) is 1. The van der Waals surface area contributed by atoms with Crippen LogP contribution in [0.3, 0.4) is 0 Å². The first kappa shape index (κ1) is 18.3. The third-order valence-corrected chi connectivity index (χ3v) is 5.83. The van der Waals surface area contributed by atoms with Gasteiger partial charge in [0.1, 0.15) is 5.75 Å². The number of phenols is 1. The van der Waals surface area contributed by atoms with Crippen molar-refractivity contribution in [2.45, 2.75) is 47.5 Å². The predicted molar refractivity (Wildman–Crippen MR) is 110 cm³/mol. The molecular weight excluding hydrogens is 316 g/mol. The lowest BCUT2D eigenvalue weighted by atomic mass is 9.76. The fourth-order valence-electron chi connectivity index (χ4n) is 4.02. The van der Waals surface area contributed by atoms with Gasteiger partial charge >= 0.3 is 0 Å². The first-order valence-electron chi connectivity index (χ1n) is 9.24. The summed E-state index contributed by atoms with van der Waals surface area (Å²) >= 11 is 0. The molecule has 0 bridgehead atoms. The fourth-order valence-corrected chi connectivity index (χ4v) is 4.02. The maximum atomic E-state index is 10.7. The standard InChI is InChI=1S/C25H28O/c1-15-11-13-17(3)23(19(15)5)25(21-9-7-8-10-22(21)26)24-18(4)14-12-16(2)20(24)6/h7-14,25-26H,1-6H3. The van der Waals surface area contributed by atoms with E-state index in [2.05, 4.69) is 71.9 Å². The summed E-state index contributed by atoms with van der Waals surface area (Å²) in [6.07, 6.45) is 0. The molecule has 0 amide bonds. The topological polar surface area (TPSA) is 20.2 Å². The Hall–Kier alpha value is -2.54. The molecule has 0 aliphatic carbocycles. The van der Waals surface area contributed by atoms with Crippen LogP contribution in [0.4, 0.5) is 0 Å². The number of aryl methyl sites for hydroxylation is 4. The van der Waals surface area contributed by atoms with Gasteiger partial charge in [0, 0.05) is 11.5 Å². The van der Waals surface area contributed by atoms with Crippen molar-refractivity contribution in [2.24, 2.45) is 0 Å². The van der Waals surface area contributed by atoms with E-state index in [1.54, 1.807) is 6.07 Å². The molecule has 0 saturated heterocycles. The first-order valence-corrected chi connectivity index (χ1v) is 9.24. The molecule has 1 N–H and O–H groups in total. The smallest absolute Gasteiger partial charge is 0.119 e. The monoisotopic (exact) mass is 344 g/mol. The number of rotatable bonds is 3. The molecule has 0 radical (unpaired) electrons. The van der Waals surface area contributed by atoms with E-state index in [9.17, 15) is 5.11 Å². The summed E-state index contributed by atoms with van der Waals surface area (Å²) in [4.78, 5) is 0. The molecule has 3 aromatic rings. The van der Waals surface area contributed by atoms with Crippen LogP contribution in [0.1, 0.15) is 56.0 Å². The van der Waals surface area contributed by atoms with Crippen molar-refractivity contribution in [1.29, 1.82) is 0 Å². The van der Waals surface area contributed by atoms with E-state index < -0.39 is 0 Å². The lowest BCUT2D eigenvalue weighted by Gasteiger charge is -2.28. The van der Waals surface area contributed by atoms with Crippen LogP contribution in [0, 0.1) is 41.5 Å². The summed E-state index contributed by atoms with van der Waals surface area (Å²) in [6.45, 7) is 13.1. The minimum Gasteiger partial charge on any atom is -0.508 e. The Morgan fingerprint density at radius 1 is 0.577 bits per heavy atom. The van der Waals surface area contributed by atoms with E-state index in [4.69, 9.17) is 0 Å². The molecule has 0 aromatic heterocycles. The summed E-state index contributed by atoms with van der Waals surface area (Å²) in [7, 11) is 0. The lowest BCUT2D eigenvalue weighted by Crippen LogP contribution is -2.12. The van der Waals surface area contributed by atoms with Crippen LogP contribution < -0.4 is 0 Å². The maximum Gasteiger partial charge on any atom is 0.119 e. The Labute approximate surface area is 157 Å².